The van der Waals surface area contributed by atoms with Gasteiger partial charge in [-0.2, -0.15) is 0 Å². The lowest BCUT2D eigenvalue weighted by atomic mass is 10.2. The number of methoxy groups -OCH3 is 1. The van der Waals surface area contributed by atoms with E-state index in [0.717, 1.165) is 31.6 Å². The fourth-order valence-electron chi connectivity index (χ4n) is 2.99. The van der Waals surface area contributed by atoms with E-state index in [1.54, 1.807) is 13.2 Å². The quantitative estimate of drug-likeness (QED) is 0.661. The first-order valence-electron chi connectivity index (χ1n) is 8.82. The molecule has 2 aromatic rings. The average Bonchev–Trinajstić information content (AvgIpc) is 3.15. The van der Waals surface area contributed by atoms with Gasteiger partial charge < -0.3 is 19.5 Å². The number of hydrogen-bond donors (Lipinski definition) is 1. The van der Waals surface area contributed by atoms with Gasteiger partial charge in [0.15, 0.2) is 11.5 Å². The van der Waals surface area contributed by atoms with Gasteiger partial charge in [0, 0.05) is 25.3 Å². The molecule has 1 heterocycles. The maximum Gasteiger partial charge on any atom is 0.180 e. The minimum absolute atomic E-state index is 0.159. The van der Waals surface area contributed by atoms with E-state index in [1.807, 2.05) is 12.1 Å². The first kappa shape index (κ1) is 20.2. The van der Waals surface area contributed by atoms with Crippen molar-refractivity contribution in [2.75, 3.05) is 20.3 Å². The molecule has 1 aliphatic heterocycles. The molecule has 1 atom stereocenters. The van der Waals surface area contributed by atoms with Gasteiger partial charge in [-0.05, 0) is 42.7 Å². The number of ether oxygens (including phenoxy) is 3. The van der Waals surface area contributed by atoms with E-state index in [2.05, 4.69) is 5.32 Å². The van der Waals surface area contributed by atoms with Crippen molar-refractivity contribution in [1.29, 1.82) is 0 Å². The smallest absolute Gasteiger partial charge is 0.180 e. The van der Waals surface area contributed by atoms with Crippen molar-refractivity contribution in [3.8, 4) is 11.5 Å². The zero-order chi connectivity index (χ0) is 19.2. The molecular formula is C20H22Cl2FNO3. The Morgan fingerprint density at radius 1 is 1.22 bits per heavy atom. The summed E-state index contributed by atoms with van der Waals surface area (Å²) in [6.45, 7) is 2.46. The van der Waals surface area contributed by atoms with Gasteiger partial charge in [-0.3, -0.25) is 0 Å². The number of halogens is 3. The van der Waals surface area contributed by atoms with Gasteiger partial charge in [-0.1, -0.05) is 29.3 Å². The Morgan fingerprint density at radius 3 is 2.78 bits per heavy atom. The highest BCUT2D eigenvalue weighted by Crippen LogP contribution is 2.37. The van der Waals surface area contributed by atoms with Crippen molar-refractivity contribution >= 4 is 23.2 Å². The first-order chi connectivity index (χ1) is 13.1. The van der Waals surface area contributed by atoms with Crippen LogP contribution in [-0.2, 0) is 17.9 Å². The van der Waals surface area contributed by atoms with E-state index >= 15 is 0 Å². The van der Waals surface area contributed by atoms with Crippen LogP contribution in [-0.4, -0.2) is 26.4 Å². The predicted octanol–water partition coefficient (Wildman–Crippen LogP) is 4.99. The molecule has 0 aliphatic carbocycles. The summed E-state index contributed by atoms with van der Waals surface area (Å²) in [6.07, 6.45) is 2.50. The molecule has 0 amide bonds. The topological polar surface area (TPSA) is 39.7 Å². The molecule has 4 nitrogen and oxygen atoms in total. The summed E-state index contributed by atoms with van der Waals surface area (Å²) in [6, 6.07) is 7.90. The summed E-state index contributed by atoms with van der Waals surface area (Å²) in [5.41, 5.74) is 1.65. The van der Waals surface area contributed by atoms with Crippen LogP contribution in [0.4, 0.5) is 4.39 Å². The van der Waals surface area contributed by atoms with Gasteiger partial charge in [-0.15, -0.1) is 0 Å². The molecule has 1 aliphatic rings. The van der Waals surface area contributed by atoms with E-state index in [9.17, 15) is 4.39 Å². The van der Waals surface area contributed by atoms with Crippen LogP contribution < -0.4 is 14.8 Å². The molecule has 3 rings (SSSR count). The summed E-state index contributed by atoms with van der Waals surface area (Å²) < 4.78 is 30.0. The van der Waals surface area contributed by atoms with E-state index < -0.39 is 0 Å². The van der Waals surface area contributed by atoms with Gasteiger partial charge in [0.25, 0.3) is 0 Å². The highest BCUT2D eigenvalue weighted by Gasteiger charge is 2.16. The van der Waals surface area contributed by atoms with E-state index in [-0.39, 0.29) is 18.5 Å². The molecule has 146 valence electrons. The maximum atomic E-state index is 13.2. The summed E-state index contributed by atoms with van der Waals surface area (Å²) in [5.74, 6) is 0.580. The molecule has 0 bridgehead atoms. The lowest BCUT2D eigenvalue weighted by Gasteiger charge is -2.16. The molecule has 1 fully saturated rings. The lowest BCUT2D eigenvalue weighted by molar-refractivity contribution is 0.110. The average molecular weight is 414 g/mol. The van der Waals surface area contributed by atoms with Crippen molar-refractivity contribution in [3.05, 3.63) is 57.3 Å². The Bertz CT molecular complexity index is 782. The molecule has 1 N–H and O–H groups in total. The summed E-state index contributed by atoms with van der Waals surface area (Å²) in [5, 5.41) is 4.13. The fourth-order valence-corrected chi connectivity index (χ4v) is 3.50. The minimum Gasteiger partial charge on any atom is -0.493 e. The molecule has 2 aromatic carbocycles. The monoisotopic (exact) mass is 413 g/mol. The van der Waals surface area contributed by atoms with Gasteiger partial charge in [0.05, 0.1) is 23.3 Å². The van der Waals surface area contributed by atoms with Gasteiger partial charge in [0.1, 0.15) is 12.4 Å². The van der Waals surface area contributed by atoms with Crippen LogP contribution in [0.3, 0.4) is 0 Å². The number of hydrogen-bond acceptors (Lipinski definition) is 4. The molecule has 0 radical (unpaired) electrons. The Kier molecular flexibility index (Phi) is 7.19. The third kappa shape index (κ3) is 5.48. The largest absolute Gasteiger partial charge is 0.493 e. The second-order valence-corrected chi connectivity index (χ2v) is 7.21. The summed E-state index contributed by atoms with van der Waals surface area (Å²) >= 11 is 12.4. The summed E-state index contributed by atoms with van der Waals surface area (Å²) in [7, 11) is 1.56. The zero-order valence-electron chi connectivity index (χ0n) is 15.1. The number of nitrogens with one attached hydrogen (secondary N) is 1. The lowest BCUT2D eigenvalue weighted by Crippen LogP contribution is -2.25. The van der Waals surface area contributed by atoms with Crippen molar-refractivity contribution < 1.29 is 18.6 Å². The number of rotatable bonds is 8. The Labute approximate surface area is 168 Å². The third-order valence-electron chi connectivity index (χ3n) is 4.40. The van der Waals surface area contributed by atoms with E-state index in [0.29, 0.717) is 33.7 Å². The van der Waals surface area contributed by atoms with Crippen LogP contribution in [0.5, 0.6) is 11.5 Å². The van der Waals surface area contributed by atoms with Crippen molar-refractivity contribution in [3.63, 3.8) is 0 Å². The Balaban J connectivity index is 1.64. The molecule has 7 heteroatoms. The van der Waals surface area contributed by atoms with Gasteiger partial charge in [0.2, 0.25) is 0 Å². The fraction of sp³-hybridized carbons (Fsp3) is 0.400. The normalized spacial score (nSPS) is 16.5. The predicted molar refractivity (Wildman–Crippen MR) is 104 cm³/mol. The molecule has 0 spiro atoms. The van der Waals surface area contributed by atoms with Crippen LogP contribution in [0.25, 0.3) is 0 Å². The standard InChI is InChI=1S/C20H22Cl2FNO3/c1-25-19-8-13(10-24-11-16-3-2-6-26-16)7-18(22)20(19)27-12-14-4-5-15(23)9-17(14)21/h4-5,7-9,16,24H,2-3,6,10-12H2,1H3/t16-/m1/s1. The minimum atomic E-state index is -0.390. The molecule has 27 heavy (non-hydrogen) atoms. The van der Waals surface area contributed by atoms with Gasteiger partial charge in [-0.25, -0.2) is 4.39 Å². The van der Waals surface area contributed by atoms with Crippen LogP contribution >= 0.6 is 23.2 Å². The van der Waals surface area contributed by atoms with Crippen LogP contribution in [0, 0.1) is 5.82 Å². The second kappa shape index (κ2) is 9.60. The third-order valence-corrected chi connectivity index (χ3v) is 5.03. The molecule has 1 saturated heterocycles. The molecule has 0 aromatic heterocycles. The highest BCUT2D eigenvalue weighted by molar-refractivity contribution is 6.32. The van der Waals surface area contributed by atoms with Crippen molar-refractivity contribution in [1.82, 2.24) is 5.32 Å². The highest BCUT2D eigenvalue weighted by atomic mass is 35.5. The zero-order valence-corrected chi connectivity index (χ0v) is 16.6. The van der Waals surface area contributed by atoms with Crippen molar-refractivity contribution in [2.45, 2.75) is 32.1 Å². The number of benzene rings is 2. The second-order valence-electron chi connectivity index (χ2n) is 6.40. The Hall–Kier alpha value is -1.53. The summed E-state index contributed by atoms with van der Waals surface area (Å²) in [4.78, 5) is 0. The van der Waals surface area contributed by atoms with Crippen LogP contribution in [0.1, 0.15) is 24.0 Å². The van der Waals surface area contributed by atoms with Crippen LogP contribution in [0.15, 0.2) is 30.3 Å². The van der Waals surface area contributed by atoms with E-state index in [4.69, 9.17) is 37.4 Å². The first-order valence-corrected chi connectivity index (χ1v) is 9.58. The van der Waals surface area contributed by atoms with Crippen LogP contribution in [0.2, 0.25) is 10.0 Å². The molecule has 0 saturated carbocycles. The molecular weight excluding hydrogens is 392 g/mol. The van der Waals surface area contributed by atoms with E-state index in [1.165, 1.54) is 12.1 Å². The maximum absolute atomic E-state index is 13.2. The van der Waals surface area contributed by atoms with Crippen molar-refractivity contribution in [2.24, 2.45) is 0 Å². The molecule has 0 unspecified atom stereocenters. The van der Waals surface area contributed by atoms with Gasteiger partial charge >= 0.3 is 0 Å². The Morgan fingerprint density at radius 2 is 2.07 bits per heavy atom. The SMILES string of the molecule is COc1cc(CNC[C@H]2CCCO2)cc(Cl)c1OCc1ccc(F)cc1Cl.